The first-order valence-electron chi connectivity index (χ1n) is 13.8. The molecule has 0 heterocycles. The summed E-state index contributed by atoms with van der Waals surface area (Å²) >= 11 is 0. The average Bonchev–Trinajstić information content (AvgIpc) is 2.87. The summed E-state index contributed by atoms with van der Waals surface area (Å²) in [5.41, 5.74) is 0.575. The van der Waals surface area contributed by atoms with E-state index in [2.05, 4.69) is 6.92 Å². The van der Waals surface area contributed by atoms with Crippen molar-refractivity contribution in [2.45, 2.75) is 96.8 Å². The first kappa shape index (κ1) is 25.2. The van der Waals surface area contributed by atoms with E-state index in [0.717, 1.165) is 48.8 Å². The van der Waals surface area contributed by atoms with Crippen LogP contribution in [0.1, 0.15) is 102 Å². The van der Waals surface area contributed by atoms with Crippen molar-refractivity contribution in [3.8, 4) is 5.75 Å². The number of hydrogen-bond donors (Lipinski definition) is 0. The maximum Gasteiger partial charge on any atom is 0.167 e. The van der Waals surface area contributed by atoms with Crippen molar-refractivity contribution in [1.29, 1.82) is 0 Å². The van der Waals surface area contributed by atoms with Crippen LogP contribution in [-0.2, 0) is 0 Å². The van der Waals surface area contributed by atoms with Crippen LogP contribution in [0, 0.1) is 29.4 Å². The second-order valence-corrected chi connectivity index (χ2v) is 10.7. The standard InChI is InChI=1S/C31H42F2O/c1-3-5-7-8-22-9-11-23(12-10-22)24-13-15-25(16-14-24)28-20-26-17-18-27(34-19-6-4-2)21-29(26)31(33)30(28)32/h4,6,17-18,20-25H,3,5,7-16,19H2,1-2H3. The number of rotatable bonds is 9. The summed E-state index contributed by atoms with van der Waals surface area (Å²) in [4.78, 5) is 0. The third-order valence-corrected chi connectivity index (χ3v) is 8.59. The lowest BCUT2D eigenvalue weighted by Crippen LogP contribution is -2.25. The van der Waals surface area contributed by atoms with Crippen LogP contribution in [0.5, 0.6) is 5.75 Å². The minimum Gasteiger partial charge on any atom is -0.490 e. The van der Waals surface area contributed by atoms with Gasteiger partial charge in [0.15, 0.2) is 11.6 Å². The van der Waals surface area contributed by atoms with E-state index in [1.165, 1.54) is 51.4 Å². The maximum absolute atomic E-state index is 15.1. The Morgan fingerprint density at radius 3 is 2.26 bits per heavy atom. The van der Waals surface area contributed by atoms with Crippen molar-refractivity contribution in [3.05, 3.63) is 53.6 Å². The van der Waals surface area contributed by atoms with Crippen molar-refractivity contribution >= 4 is 10.8 Å². The maximum atomic E-state index is 15.1. The van der Waals surface area contributed by atoms with Crippen molar-refractivity contribution < 1.29 is 13.5 Å². The second-order valence-electron chi connectivity index (χ2n) is 10.7. The van der Waals surface area contributed by atoms with Gasteiger partial charge < -0.3 is 4.74 Å². The molecule has 2 aliphatic rings. The Hall–Kier alpha value is -1.90. The number of fused-ring (bicyclic) bond motifs is 1. The lowest BCUT2D eigenvalue weighted by Gasteiger charge is -2.38. The third kappa shape index (κ3) is 6.01. The first-order chi connectivity index (χ1) is 16.6. The van der Waals surface area contributed by atoms with Gasteiger partial charge in [0, 0.05) is 5.39 Å². The number of unbranched alkanes of at least 4 members (excludes halogenated alkanes) is 2. The molecule has 0 unspecified atom stereocenters. The highest BCUT2D eigenvalue weighted by Crippen LogP contribution is 2.45. The molecule has 0 N–H and O–H groups in total. The molecule has 0 saturated heterocycles. The number of halogens is 2. The zero-order valence-electron chi connectivity index (χ0n) is 21.1. The van der Waals surface area contributed by atoms with Gasteiger partial charge in [0.05, 0.1) is 0 Å². The minimum atomic E-state index is -0.729. The van der Waals surface area contributed by atoms with Crippen LogP contribution in [0.4, 0.5) is 8.78 Å². The highest BCUT2D eigenvalue weighted by Gasteiger charge is 2.32. The molecular weight excluding hydrogens is 426 g/mol. The number of allylic oxidation sites excluding steroid dienone is 1. The van der Waals surface area contributed by atoms with Crippen molar-refractivity contribution in [2.24, 2.45) is 17.8 Å². The molecule has 186 valence electrons. The average molecular weight is 469 g/mol. The summed E-state index contributed by atoms with van der Waals surface area (Å²) < 4.78 is 35.8. The van der Waals surface area contributed by atoms with E-state index in [4.69, 9.17) is 4.74 Å². The van der Waals surface area contributed by atoms with E-state index >= 15 is 8.78 Å². The van der Waals surface area contributed by atoms with Crippen molar-refractivity contribution in [1.82, 2.24) is 0 Å². The number of hydrogen-bond acceptors (Lipinski definition) is 1. The molecule has 0 spiro atoms. The van der Waals surface area contributed by atoms with Gasteiger partial charge in [-0.15, -0.1) is 0 Å². The summed E-state index contributed by atoms with van der Waals surface area (Å²) in [7, 11) is 0. The summed E-state index contributed by atoms with van der Waals surface area (Å²) in [5.74, 6) is 1.88. The number of ether oxygens (including phenoxy) is 1. The fraction of sp³-hybridized carbons (Fsp3) is 0.613. The van der Waals surface area contributed by atoms with Crippen LogP contribution < -0.4 is 4.74 Å². The molecule has 2 saturated carbocycles. The predicted molar refractivity (Wildman–Crippen MR) is 138 cm³/mol. The Bertz CT molecular complexity index is 950. The number of benzene rings is 2. The molecule has 2 aliphatic carbocycles. The van der Waals surface area contributed by atoms with Crippen LogP contribution in [-0.4, -0.2) is 6.61 Å². The molecule has 0 aromatic heterocycles. The Balaban J connectivity index is 1.36. The van der Waals surface area contributed by atoms with Crippen LogP contribution >= 0.6 is 0 Å². The first-order valence-corrected chi connectivity index (χ1v) is 13.8. The largest absolute Gasteiger partial charge is 0.490 e. The van der Waals surface area contributed by atoms with E-state index in [1.54, 1.807) is 6.07 Å². The molecule has 4 rings (SSSR count). The Morgan fingerprint density at radius 2 is 1.59 bits per heavy atom. The highest BCUT2D eigenvalue weighted by atomic mass is 19.2. The molecule has 0 aliphatic heterocycles. The molecule has 2 aromatic rings. The smallest absolute Gasteiger partial charge is 0.167 e. The van der Waals surface area contributed by atoms with E-state index < -0.39 is 11.6 Å². The van der Waals surface area contributed by atoms with Gasteiger partial charge in [-0.3, -0.25) is 0 Å². The Kier molecular flexibility index (Phi) is 9.03. The molecule has 0 amide bonds. The molecule has 0 radical (unpaired) electrons. The van der Waals surface area contributed by atoms with Gasteiger partial charge in [0.25, 0.3) is 0 Å². The SMILES string of the molecule is CC=CCOc1ccc2cc(C3CCC(C4CCC(CCCCC)CC4)CC3)c(F)c(F)c2c1. The minimum absolute atomic E-state index is 0.131. The Labute approximate surface area is 205 Å². The fourth-order valence-corrected chi connectivity index (χ4v) is 6.49. The molecule has 2 fully saturated rings. The molecule has 3 heteroatoms. The third-order valence-electron chi connectivity index (χ3n) is 8.59. The van der Waals surface area contributed by atoms with E-state index in [0.29, 0.717) is 23.3 Å². The molecule has 2 aromatic carbocycles. The van der Waals surface area contributed by atoms with Gasteiger partial charge in [-0.25, -0.2) is 8.78 Å². The van der Waals surface area contributed by atoms with Gasteiger partial charge >= 0.3 is 0 Å². The van der Waals surface area contributed by atoms with Crippen molar-refractivity contribution in [3.63, 3.8) is 0 Å². The van der Waals surface area contributed by atoms with E-state index in [-0.39, 0.29) is 5.92 Å². The topological polar surface area (TPSA) is 9.23 Å². The lowest BCUT2D eigenvalue weighted by atomic mass is 9.68. The van der Waals surface area contributed by atoms with Crippen LogP contribution in [0.2, 0.25) is 0 Å². The zero-order chi connectivity index (χ0) is 23.9. The molecule has 34 heavy (non-hydrogen) atoms. The van der Waals surface area contributed by atoms with Gasteiger partial charge in [-0.05, 0) is 98.3 Å². The van der Waals surface area contributed by atoms with E-state index in [9.17, 15) is 0 Å². The molecule has 0 bridgehead atoms. The molecular formula is C31H42F2O. The molecule has 1 nitrogen and oxygen atoms in total. The monoisotopic (exact) mass is 468 g/mol. The van der Waals surface area contributed by atoms with E-state index in [1.807, 2.05) is 37.3 Å². The Morgan fingerprint density at radius 1 is 0.882 bits per heavy atom. The predicted octanol–water partition coefficient (Wildman–Crippen LogP) is 9.73. The van der Waals surface area contributed by atoms with Crippen LogP contribution in [0.25, 0.3) is 10.8 Å². The van der Waals surface area contributed by atoms with Gasteiger partial charge in [0.2, 0.25) is 0 Å². The van der Waals surface area contributed by atoms with Crippen LogP contribution in [0.3, 0.4) is 0 Å². The normalized spacial score (nSPS) is 25.8. The van der Waals surface area contributed by atoms with Gasteiger partial charge in [0.1, 0.15) is 12.4 Å². The van der Waals surface area contributed by atoms with Gasteiger partial charge in [-0.1, -0.05) is 63.7 Å². The summed E-state index contributed by atoms with van der Waals surface area (Å²) in [5, 5.41) is 1.07. The highest BCUT2D eigenvalue weighted by molar-refractivity contribution is 5.85. The molecule has 0 atom stereocenters. The zero-order valence-corrected chi connectivity index (χ0v) is 21.1. The lowest BCUT2D eigenvalue weighted by molar-refractivity contribution is 0.155. The second kappa shape index (κ2) is 12.2. The summed E-state index contributed by atoms with van der Waals surface area (Å²) in [6.07, 6.45) is 19.1. The fourth-order valence-electron chi connectivity index (χ4n) is 6.49. The summed E-state index contributed by atoms with van der Waals surface area (Å²) in [6, 6.07) is 7.21. The van der Waals surface area contributed by atoms with Gasteiger partial charge in [-0.2, -0.15) is 0 Å². The summed E-state index contributed by atoms with van der Waals surface area (Å²) in [6.45, 7) is 4.63. The van der Waals surface area contributed by atoms with Crippen LogP contribution in [0.15, 0.2) is 36.4 Å². The quantitative estimate of drug-likeness (QED) is 0.263. The van der Waals surface area contributed by atoms with Crippen molar-refractivity contribution in [2.75, 3.05) is 6.61 Å².